The smallest absolute Gasteiger partial charge is 0.132 e. The first-order chi connectivity index (χ1) is 9.83. The fourth-order valence-electron chi connectivity index (χ4n) is 2.65. The van der Waals surface area contributed by atoms with Crippen LogP contribution < -0.4 is 5.32 Å². The van der Waals surface area contributed by atoms with Gasteiger partial charge in [-0.05, 0) is 49.8 Å². The summed E-state index contributed by atoms with van der Waals surface area (Å²) in [5.74, 6) is 0.781. The monoisotopic (exact) mass is 271 g/mol. The van der Waals surface area contributed by atoms with Crippen molar-refractivity contribution in [2.24, 2.45) is 0 Å². The van der Waals surface area contributed by atoms with Gasteiger partial charge in [-0.2, -0.15) is 0 Å². The number of hydrogen-bond donors (Lipinski definition) is 1. The molecule has 0 bridgehead atoms. The second-order valence-corrected chi connectivity index (χ2v) is 5.16. The van der Waals surface area contributed by atoms with E-state index in [1.807, 2.05) is 12.1 Å². The highest BCUT2D eigenvalue weighted by Crippen LogP contribution is 2.24. The number of hydrogen-bond acceptors (Lipinski definition) is 3. The number of rotatable bonds is 4. The third-order valence-electron chi connectivity index (χ3n) is 3.74. The molecule has 1 aromatic carbocycles. The zero-order valence-corrected chi connectivity index (χ0v) is 11.4. The Balaban J connectivity index is 1.62. The number of halogens is 1. The molecule has 1 aromatic heterocycles. The van der Waals surface area contributed by atoms with Gasteiger partial charge in [0.25, 0.3) is 0 Å². The summed E-state index contributed by atoms with van der Waals surface area (Å²) in [6, 6.07) is 6.66. The molecule has 0 aliphatic heterocycles. The molecule has 1 heterocycles. The molecule has 2 aromatic rings. The second kappa shape index (κ2) is 5.99. The number of aryl methyl sites for hydroxylation is 1. The van der Waals surface area contributed by atoms with Crippen molar-refractivity contribution < 1.29 is 4.39 Å². The van der Waals surface area contributed by atoms with E-state index in [-0.39, 0.29) is 5.82 Å². The summed E-state index contributed by atoms with van der Waals surface area (Å²) in [4.78, 5) is 8.72. The molecule has 3 nitrogen and oxygen atoms in total. The van der Waals surface area contributed by atoms with E-state index < -0.39 is 0 Å². The predicted molar refractivity (Wildman–Crippen MR) is 77.3 cm³/mol. The summed E-state index contributed by atoms with van der Waals surface area (Å²) in [5, 5.41) is 3.39. The zero-order valence-electron chi connectivity index (χ0n) is 11.4. The Hall–Kier alpha value is -1.97. The third kappa shape index (κ3) is 2.95. The Labute approximate surface area is 118 Å². The molecule has 0 spiro atoms. The minimum absolute atomic E-state index is 0.188. The Bertz CT molecular complexity index is 581. The highest BCUT2D eigenvalue weighted by molar-refractivity contribution is 5.47. The number of aromatic nitrogens is 2. The summed E-state index contributed by atoms with van der Waals surface area (Å²) in [6.45, 7) is 0.801. The molecule has 0 saturated heterocycles. The molecule has 3 rings (SSSR count). The SMILES string of the molecule is Fc1ccc(CCNc2ncnc3c2CCCC3)cc1. The van der Waals surface area contributed by atoms with Crippen molar-refractivity contribution in [3.8, 4) is 0 Å². The first kappa shape index (κ1) is 13.0. The second-order valence-electron chi connectivity index (χ2n) is 5.16. The van der Waals surface area contributed by atoms with Gasteiger partial charge in [-0.25, -0.2) is 14.4 Å². The molecule has 0 saturated carbocycles. The van der Waals surface area contributed by atoms with Gasteiger partial charge in [0.1, 0.15) is 18.0 Å². The molecular formula is C16H18FN3. The van der Waals surface area contributed by atoms with Crippen LogP contribution in [0.15, 0.2) is 30.6 Å². The molecule has 1 N–H and O–H groups in total. The van der Waals surface area contributed by atoms with Crippen LogP contribution in [0.4, 0.5) is 10.2 Å². The van der Waals surface area contributed by atoms with Gasteiger partial charge in [0.15, 0.2) is 0 Å². The Morgan fingerprint density at radius 2 is 1.85 bits per heavy atom. The van der Waals surface area contributed by atoms with E-state index in [4.69, 9.17) is 0 Å². The van der Waals surface area contributed by atoms with Crippen LogP contribution in [0.3, 0.4) is 0 Å². The molecule has 0 atom stereocenters. The number of fused-ring (bicyclic) bond motifs is 1. The molecule has 1 aliphatic rings. The maximum absolute atomic E-state index is 12.8. The van der Waals surface area contributed by atoms with E-state index in [9.17, 15) is 4.39 Å². The fourth-order valence-corrected chi connectivity index (χ4v) is 2.65. The van der Waals surface area contributed by atoms with E-state index in [0.717, 1.165) is 37.2 Å². The first-order valence-electron chi connectivity index (χ1n) is 7.14. The highest BCUT2D eigenvalue weighted by Gasteiger charge is 2.14. The van der Waals surface area contributed by atoms with E-state index >= 15 is 0 Å². The van der Waals surface area contributed by atoms with Gasteiger partial charge < -0.3 is 5.32 Å². The molecule has 0 unspecified atom stereocenters. The van der Waals surface area contributed by atoms with Crippen LogP contribution in [0.5, 0.6) is 0 Å². The van der Waals surface area contributed by atoms with E-state index in [1.165, 1.54) is 36.2 Å². The topological polar surface area (TPSA) is 37.8 Å². The minimum Gasteiger partial charge on any atom is -0.369 e. The van der Waals surface area contributed by atoms with Crippen LogP contribution in [-0.2, 0) is 19.3 Å². The standard InChI is InChI=1S/C16H18FN3/c17-13-7-5-12(6-8-13)9-10-18-16-14-3-1-2-4-15(14)19-11-20-16/h5-8,11H,1-4,9-10H2,(H,18,19,20). The Morgan fingerprint density at radius 3 is 2.70 bits per heavy atom. The van der Waals surface area contributed by atoms with Crippen LogP contribution in [0, 0.1) is 5.82 Å². The van der Waals surface area contributed by atoms with Gasteiger partial charge in [-0.3, -0.25) is 0 Å². The van der Waals surface area contributed by atoms with Crippen molar-refractivity contribution in [1.82, 2.24) is 9.97 Å². The fraction of sp³-hybridized carbons (Fsp3) is 0.375. The van der Waals surface area contributed by atoms with Crippen molar-refractivity contribution in [2.45, 2.75) is 32.1 Å². The van der Waals surface area contributed by atoms with Crippen molar-refractivity contribution in [2.75, 3.05) is 11.9 Å². The molecule has 20 heavy (non-hydrogen) atoms. The Morgan fingerprint density at radius 1 is 1.05 bits per heavy atom. The zero-order chi connectivity index (χ0) is 13.8. The molecule has 1 aliphatic carbocycles. The third-order valence-corrected chi connectivity index (χ3v) is 3.74. The van der Waals surface area contributed by atoms with Crippen LogP contribution >= 0.6 is 0 Å². The quantitative estimate of drug-likeness (QED) is 0.928. The van der Waals surface area contributed by atoms with Crippen molar-refractivity contribution in [1.29, 1.82) is 0 Å². The summed E-state index contributed by atoms with van der Waals surface area (Å²) < 4.78 is 12.8. The van der Waals surface area contributed by atoms with Crippen LogP contribution in [-0.4, -0.2) is 16.5 Å². The van der Waals surface area contributed by atoms with Crippen LogP contribution in [0.2, 0.25) is 0 Å². The lowest BCUT2D eigenvalue weighted by Gasteiger charge is -2.18. The molecule has 0 amide bonds. The van der Waals surface area contributed by atoms with Gasteiger partial charge in [-0.1, -0.05) is 12.1 Å². The number of benzene rings is 1. The van der Waals surface area contributed by atoms with Gasteiger partial charge in [0, 0.05) is 17.8 Å². The molecule has 0 fully saturated rings. The molecular weight excluding hydrogens is 253 g/mol. The molecule has 104 valence electrons. The lowest BCUT2D eigenvalue weighted by Crippen LogP contribution is -2.13. The Kier molecular flexibility index (Phi) is 3.90. The van der Waals surface area contributed by atoms with Gasteiger partial charge in [0.05, 0.1) is 0 Å². The van der Waals surface area contributed by atoms with Gasteiger partial charge in [-0.15, -0.1) is 0 Å². The van der Waals surface area contributed by atoms with E-state index in [2.05, 4.69) is 15.3 Å². The number of nitrogens with one attached hydrogen (secondary N) is 1. The van der Waals surface area contributed by atoms with Crippen molar-refractivity contribution >= 4 is 5.82 Å². The summed E-state index contributed by atoms with van der Waals surface area (Å²) >= 11 is 0. The maximum Gasteiger partial charge on any atom is 0.132 e. The van der Waals surface area contributed by atoms with E-state index in [0.29, 0.717) is 0 Å². The lowest BCUT2D eigenvalue weighted by molar-refractivity contribution is 0.627. The average molecular weight is 271 g/mol. The van der Waals surface area contributed by atoms with Crippen molar-refractivity contribution in [3.63, 3.8) is 0 Å². The first-order valence-corrected chi connectivity index (χ1v) is 7.14. The molecule has 4 heteroatoms. The predicted octanol–water partition coefficient (Wildman–Crippen LogP) is 3.15. The van der Waals surface area contributed by atoms with Gasteiger partial charge >= 0.3 is 0 Å². The number of anilines is 1. The lowest BCUT2D eigenvalue weighted by atomic mass is 9.96. The largest absolute Gasteiger partial charge is 0.369 e. The maximum atomic E-state index is 12.8. The molecule has 0 radical (unpaired) electrons. The van der Waals surface area contributed by atoms with Crippen LogP contribution in [0.1, 0.15) is 29.7 Å². The van der Waals surface area contributed by atoms with Crippen LogP contribution in [0.25, 0.3) is 0 Å². The van der Waals surface area contributed by atoms with Crippen molar-refractivity contribution in [3.05, 3.63) is 53.2 Å². The normalized spacial score (nSPS) is 13.8. The highest BCUT2D eigenvalue weighted by atomic mass is 19.1. The summed E-state index contributed by atoms with van der Waals surface area (Å²) in [6.07, 6.45) is 7.06. The minimum atomic E-state index is -0.188. The summed E-state index contributed by atoms with van der Waals surface area (Å²) in [7, 11) is 0. The number of nitrogens with zero attached hydrogens (tertiary/aromatic N) is 2. The summed E-state index contributed by atoms with van der Waals surface area (Å²) in [5.41, 5.74) is 3.59. The average Bonchev–Trinajstić information content (AvgIpc) is 2.49. The van der Waals surface area contributed by atoms with E-state index in [1.54, 1.807) is 6.33 Å². The van der Waals surface area contributed by atoms with Gasteiger partial charge in [0.2, 0.25) is 0 Å².